The summed E-state index contributed by atoms with van der Waals surface area (Å²) < 4.78 is 0. The molecule has 1 saturated carbocycles. The third kappa shape index (κ3) is 2.67. The van der Waals surface area contributed by atoms with Crippen LogP contribution >= 0.6 is 11.6 Å². The number of nitrogens with zero attached hydrogens (tertiary/aromatic N) is 2. The van der Waals surface area contributed by atoms with E-state index >= 15 is 0 Å². The lowest BCUT2D eigenvalue weighted by atomic mass is 10.2. The van der Waals surface area contributed by atoms with Crippen molar-refractivity contribution in [2.45, 2.75) is 32.6 Å². The molecule has 1 fully saturated rings. The molecular formula is C13H19ClN2. The summed E-state index contributed by atoms with van der Waals surface area (Å²) in [4.78, 5) is 7.00. The number of rotatable bonds is 5. The molecule has 0 amide bonds. The first-order valence-electron chi connectivity index (χ1n) is 6.02. The van der Waals surface area contributed by atoms with Crippen molar-refractivity contribution < 1.29 is 0 Å². The molecule has 0 unspecified atom stereocenters. The van der Waals surface area contributed by atoms with Crippen LogP contribution in [0.2, 0.25) is 0 Å². The molecule has 3 heteroatoms. The lowest BCUT2D eigenvalue weighted by Crippen LogP contribution is -2.26. The fourth-order valence-corrected chi connectivity index (χ4v) is 2.17. The van der Waals surface area contributed by atoms with E-state index in [0.29, 0.717) is 5.88 Å². The molecule has 0 radical (unpaired) electrons. The summed E-state index contributed by atoms with van der Waals surface area (Å²) >= 11 is 5.84. The highest BCUT2D eigenvalue weighted by atomic mass is 35.5. The van der Waals surface area contributed by atoms with Gasteiger partial charge in [0.1, 0.15) is 5.82 Å². The molecule has 2 rings (SSSR count). The van der Waals surface area contributed by atoms with E-state index in [4.69, 9.17) is 11.6 Å². The van der Waals surface area contributed by atoms with Crippen LogP contribution in [-0.4, -0.2) is 18.1 Å². The summed E-state index contributed by atoms with van der Waals surface area (Å²) in [6, 6.07) is 4.19. The van der Waals surface area contributed by atoms with E-state index < -0.39 is 0 Å². The predicted octanol–water partition coefficient (Wildman–Crippen LogP) is 3.37. The summed E-state index contributed by atoms with van der Waals surface area (Å²) in [5, 5.41) is 0. The van der Waals surface area contributed by atoms with Gasteiger partial charge in [0.05, 0.1) is 0 Å². The van der Waals surface area contributed by atoms with Crippen molar-refractivity contribution >= 4 is 17.4 Å². The molecule has 1 aliphatic rings. The topological polar surface area (TPSA) is 16.1 Å². The van der Waals surface area contributed by atoms with E-state index in [0.717, 1.165) is 36.1 Å². The Morgan fingerprint density at radius 3 is 2.69 bits per heavy atom. The highest BCUT2D eigenvalue weighted by molar-refractivity contribution is 6.17. The highest BCUT2D eigenvalue weighted by Gasteiger charge is 2.24. The van der Waals surface area contributed by atoms with E-state index in [2.05, 4.69) is 28.9 Å². The summed E-state index contributed by atoms with van der Waals surface area (Å²) in [5.41, 5.74) is 2.19. The van der Waals surface area contributed by atoms with Crippen LogP contribution in [0.25, 0.3) is 0 Å². The molecule has 0 aliphatic heterocycles. The molecule has 0 bridgehead atoms. The van der Waals surface area contributed by atoms with Crippen molar-refractivity contribution in [3.63, 3.8) is 0 Å². The van der Waals surface area contributed by atoms with E-state index in [1.807, 2.05) is 6.92 Å². The van der Waals surface area contributed by atoms with Gasteiger partial charge in [-0.25, -0.2) is 4.98 Å². The smallest absolute Gasteiger partial charge is 0.128 e. The molecule has 1 heterocycles. The van der Waals surface area contributed by atoms with Gasteiger partial charge in [-0.05, 0) is 44.2 Å². The molecule has 1 aromatic heterocycles. The van der Waals surface area contributed by atoms with Gasteiger partial charge in [0.15, 0.2) is 0 Å². The Hall–Kier alpha value is -0.760. The lowest BCUT2D eigenvalue weighted by Gasteiger charge is -2.22. The number of hydrogen-bond donors (Lipinski definition) is 0. The second kappa shape index (κ2) is 5.05. The van der Waals surface area contributed by atoms with Crippen LogP contribution in [0, 0.1) is 12.8 Å². The number of aromatic nitrogens is 1. The zero-order valence-corrected chi connectivity index (χ0v) is 10.8. The summed E-state index contributed by atoms with van der Waals surface area (Å²) in [5.74, 6) is 2.55. The van der Waals surface area contributed by atoms with Gasteiger partial charge >= 0.3 is 0 Å². The maximum absolute atomic E-state index is 5.84. The molecule has 16 heavy (non-hydrogen) atoms. The minimum Gasteiger partial charge on any atom is -0.357 e. The highest BCUT2D eigenvalue weighted by Crippen LogP contribution is 2.31. The fraction of sp³-hybridized carbons (Fsp3) is 0.615. The van der Waals surface area contributed by atoms with Gasteiger partial charge in [0, 0.05) is 24.7 Å². The van der Waals surface area contributed by atoms with Crippen LogP contribution in [0.15, 0.2) is 12.1 Å². The second-order valence-corrected chi connectivity index (χ2v) is 4.80. The quantitative estimate of drug-likeness (QED) is 0.732. The minimum atomic E-state index is 0.549. The van der Waals surface area contributed by atoms with Crippen LogP contribution in [0.5, 0.6) is 0 Å². The first kappa shape index (κ1) is 11.7. The van der Waals surface area contributed by atoms with Gasteiger partial charge in [-0.15, -0.1) is 11.6 Å². The molecule has 2 nitrogen and oxygen atoms in total. The normalized spacial score (nSPS) is 15.2. The zero-order valence-electron chi connectivity index (χ0n) is 10.0. The van der Waals surface area contributed by atoms with Gasteiger partial charge < -0.3 is 4.90 Å². The lowest BCUT2D eigenvalue weighted by molar-refractivity contribution is 0.730. The molecule has 0 saturated heterocycles. The van der Waals surface area contributed by atoms with Crippen LogP contribution < -0.4 is 4.90 Å². The summed E-state index contributed by atoms with van der Waals surface area (Å²) in [6.07, 6.45) is 2.77. The predicted molar refractivity (Wildman–Crippen MR) is 69.1 cm³/mol. The first-order valence-corrected chi connectivity index (χ1v) is 6.55. The van der Waals surface area contributed by atoms with E-state index in [-0.39, 0.29) is 0 Å². The third-order valence-corrected chi connectivity index (χ3v) is 3.49. The van der Waals surface area contributed by atoms with Crippen molar-refractivity contribution in [1.29, 1.82) is 0 Å². The summed E-state index contributed by atoms with van der Waals surface area (Å²) in [6.45, 7) is 6.41. The molecule has 1 aliphatic carbocycles. The Labute approximate surface area is 103 Å². The zero-order chi connectivity index (χ0) is 11.5. The Morgan fingerprint density at radius 1 is 1.44 bits per heavy atom. The standard InChI is InChI=1S/C13H19ClN2/c1-3-16(9-11-4-5-11)13-7-6-12(8-14)10(2)15-13/h6-7,11H,3-5,8-9H2,1-2H3. The number of pyridine rings is 1. The van der Waals surface area contributed by atoms with Crippen molar-refractivity contribution in [3.05, 3.63) is 23.4 Å². The monoisotopic (exact) mass is 238 g/mol. The largest absolute Gasteiger partial charge is 0.357 e. The molecule has 0 atom stereocenters. The molecule has 88 valence electrons. The molecule has 0 spiro atoms. The van der Waals surface area contributed by atoms with E-state index in [1.54, 1.807) is 0 Å². The third-order valence-electron chi connectivity index (χ3n) is 3.21. The maximum atomic E-state index is 5.84. The van der Waals surface area contributed by atoms with E-state index in [9.17, 15) is 0 Å². The van der Waals surface area contributed by atoms with Gasteiger partial charge in [-0.1, -0.05) is 6.07 Å². The first-order chi connectivity index (χ1) is 7.74. The Morgan fingerprint density at radius 2 is 2.19 bits per heavy atom. The average molecular weight is 239 g/mol. The Bertz CT molecular complexity index is 361. The Balaban J connectivity index is 2.13. The van der Waals surface area contributed by atoms with Gasteiger partial charge in [0.25, 0.3) is 0 Å². The molecule has 0 N–H and O–H groups in total. The Kier molecular flexibility index (Phi) is 3.70. The van der Waals surface area contributed by atoms with Gasteiger partial charge in [-0.2, -0.15) is 0 Å². The number of halogens is 1. The van der Waals surface area contributed by atoms with Crippen molar-refractivity contribution in [2.24, 2.45) is 5.92 Å². The van der Waals surface area contributed by atoms with Crippen molar-refractivity contribution in [3.8, 4) is 0 Å². The molecule has 0 aromatic carbocycles. The van der Waals surface area contributed by atoms with Crippen LogP contribution in [-0.2, 0) is 5.88 Å². The SMILES string of the molecule is CCN(CC1CC1)c1ccc(CCl)c(C)n1. The molecule has 1 aromatic rings. The van der Waals surface area contributed by atoms with Crippen LogP contribution in [0.3, 0.4) is 0 Å². The molecular weight excluding hydrogens is 220 g/mol. The van der Waals surface area contributed by atoms with Crippen molar-refractivity contribution in [1.82, 2.24) is 4.98 Å². The fourth-order valence-electron chi connectivity index (χ4n) is 1.89. The van der Waals surface area contributed by atoms with E-state index in [1.165, 1.54) is 12.8 Å². The minimum absolute atomic E-state index is 0.549. The average Bonchev–Trinajstić information content (AvgIpc) is 3.09. The second-order valence-electron chi connectivity index (χ2n) is 4.53. The number of hydrogen-bond acceptors (Lipinski definition) is 2. The number of alkyl halides is 1. The van der Waals surface area contributed by atoms with Crippen LogP contribution in [0.1, 0.15) is 31.0 Å². The number of aryl methyl sites for hydroxylation is 1. The van der Waals surface area contributed by atoms with Crippen molar-refractivity contribution in [2.75, 3.05) is 18.0 Å². The van der Waals surface area contributed by atoms with Gasteiger partial charge in [0.2, 0.25) is 0 Å². The number of anilines is 1. The maximum Gasteiger partial charge on any atom is 0.128 e. The van der Waals surface area contributed by atoms with Crippen LogP contribution in [0.4, 0.5) is 5.82 Å². The summed E-state index contributed by atoms with van der Waals surface area (Å²) in [7, 11) is 0. The van der Waals surface area contributed by atoms with Gasteiger partial charge in [-0.3, -0.25) is 0 Å².